The summed E-state index contributed by atoms with van der Waals surface area (Å²) in [7, 11) is 1.00. The van der Waals surface area contributed by atoms with E-state index in [1.165, 1.54) is 34.1 Å². The van der Waals surface area contributed by atoms with Gasteiger partial charge in [-0.2, -0.15) is 0 Å². The van der Waals surface area contributed by atoms with E-state index in [1.807, 2.05) is 0 Å². The van der Waals surface area contributed by atoms with E-state index in [1.54, 1.807) is 10.9 Å². The minimum absolute atomic E-state index is 1.00. The molecule has 0 N–H and O–H groups in total. The first-order chi connectivity index (χ1) is 8.43. The van der Waals surface area contributed by atoms with Gasteiger partial charge in [-0.25, -0.2) is 0 Å². The summed E-state index contributed by atoms with van der Waals surface area (Å²) < 4.78 is 0. The summed E-state index contributed by atoms with van der Waals surface area (Å²) in [6.07, 6.45) is 2.62. The summed E-state index contributed by atoms with van der Waals surface area (Å²) in [5.41, 5.74) is 1.58. The molecule has 3 aromatic carbocycles. The number of hydrogen-bond donors (Lipinski definition) is 0. The predicted molar refractivity (Wildman–Crippen MR) is 78.0 cm³/mol. The van der Waals surface area contributed by atoms with Crippen molar-refractivity contribution in [1.29, 1.82) is 0 Å². The Bertz CT molecular complexity index is 728. The zero-order valence-electron chi connectivity index (χ0n) is 9.53. The van der Waals surface area contributed by atoms with Crippen LogP contribution in [0.3, 0.4) is 0 Å². The fourth-order valence-electron chi connectivity index (χ4n) is 2.87. The van der Waals surface area contributed by atoms with Gasteiger partial charge in [0.1, 0.15) is 0 Å². The van der Waals surface area contributed by atoms with E-state index < -0.39 is 0 Å². The summed E-state index contributed by atoms with van der Waals surface area (Å²) in [6, 6.07) is 17.9. The molecule has 3 aromatic rings. The molecule has 0 aromatic heterocycles. The molecule has 17 heavy (non-hydrogen) atoms. The van der Waals surface area contributed by atoms with Crippen molar-refractivity contribution in [3.05, 3.63) is 54.1 Å². The highest BCUT2D eigenvalue weighted by atomic mass is 31.1. The highest BCUT2D eigenvalue weighted by Gasteiger charge is 2.14. The highest BCUT2D eigenvalue weighted by Crippen LogP contribution is 2.32. The second kappa shape index (κ2) is 3.55. The van der Waals surface area contributed by atoms with Crippen LogP contribution in [0.15, 0.2) is 48.5 Å². The lowest BCUT2D eigenvalue weighted by Gasteiger charge is -2.08. The molecule has 82 valence electrons. The zero-order valence-corrected chi connectivity index (χ0v) is 10.5. The Balaban J connectivity index is 2.22. The maximum Gasteiger partial charge on any atom is -0.00989 e. The summed E-state index contributed by atoms with van der Waals surface area (Å²) in [4.78, 5) is 0. The van der Waals surface area contributed by atoms with E-state index >= 15 is 0 Å². The second-order valence-electron chi connectivity index (χ2n) is 4.66. The Kier molecular flexibility index (Phi) is 2.01. The molecule has 0 nitrogen and oxygen atoms in total. The van der Waals surface area contributed by atoms with Crippen LogP contribution < -0.4 is 5.30 Å². The lowest BCUT2D eigenvalue weighted by atomic mass is 9.99. The van der Waals surface area contributed by atoms with Gasteiger partial charge in [-0.05, 0) is 45.0 Å². The van der Waals surface area contributed by atoms with Crippen LogP contribution in [0.2, 0.25) is 0 Å². The number of rotatable bonds is 0. The van der Waals surface area contributed by atoms with E-state index in [2.05, 4.69) is 48.5 Å². The van der Waals surface area contributed by atoms with E-state index in [9.17, 15) is 0 Å². The standard InChI is InChI=1S/C16H13P/c1-2-4-13-11(3-1)5-8-15-14(13)7-6-12-9-10-17-16(12)15/h1-8,17H,9-10H2. The van der Waals surface area contributed by atoms with Crippen molar-refractivity contribution >= 4 is 35.4 Å². The van der Waals surface area contributed by atoms with Gasteiger partial charge in [0.25, 0.3) is 0 Å². The van der Waals surface area contributed by atoms with Crippen molar-refractivity contribution in [3.8, 4) is 0 Å². The Morgan fingerprint density at radius 1 is 0.765 bits per heavy atom. The van der Waals surface area contributed by atoms with Gasteiger partial charge in [0.05, 0.1) is 0 Å². The maximum absolute atomic E-state index is 2.34. The van der Waals surface area contributed by atoms with Crippen molar-refractivity contribution in [3.63, 3.8) is 0 Å². The van der Waals surface area contributed by atoms with Crippen LogP contribution in [-0.2, 0) is 6.42 Å². The van der Waals surface area contributed by atoms with E-state index in [0.29, 0.717) is 0 Å². The Labute approximate surface area is 102 Å². The molecule has 1 unspecified atom stereocenters. The van der Waals surface area contributed by atoms with Gasteiger partial charge in [0, 0.05) is 0 Å². The smallest absolute Gasteiger partial charge is 0.00989 e. The van der Waals surface area contributed by atoms with Crippen molar-refractivity contribution in [2.24, 2.45) is 0 Å². The van der Waals surface area contributed by atoms with Crippen LogP contribution in [0.1, 0.15) is 5.56 Å². The molecule has 0 radical (unpaired) electrons. The summed E-state index contributed by atoms with van der Waals surface area (Å²) in [5, 5.41) is 7.27. The van der Waals surface area contributed by atoms with E-state index in [-0.39, 0.29) is 0 Å². The third-order valence-electron chi connectivity index (χ3n) is 3.71. The highest BCUT2D eigenvalue weighted by molar-refractivity contribution is 7.48. The number of hydrogen-bond acceptors (Lipinski definition) is 0. The Morgan fingerprint density at radius 3 is 2.65 bits per heavy atom. The lowest BCUT2D eigenvalue weighted by molar-refractivity contribution is 1.20. The molecule has 1 heteroatoms. The van der Waals surface area contributed by atoms with Gasteiger partial charge >= 0.3 is 0 Å². The molecule has 1 aliphatic heterocycles. The van der Waals surface area contributed by atoms with Crippen LogP contribution in [0.5, 0.6) is 0 Å². The average molecular weight is 236 g/mol. The van der Waals surface area contributed by atoms with Crippen LogP contribution in [0, 0.1) is 0 Å². The van der Waals surface area contributed by atoms with Crippen LogP contribution >= 0.6 is 8.58 Å². The van der Waals surface area contributed by atoms with Crippen LogP contribution in [-0.4, -0.2) is 6.16 Å². The van der Waals surface area contributed by atoms with Crippen LogP contribution in [0.25, 0.3) is 21.5 Å². The number of benzene rings is 3. The first-order valence-corrected chi connectivity index (χ1v) is 7.31. The number of aryl methyl sites for hydroxylation is 1. The van der Waals surface area contributed by atoms with Crippen molar-refractivity contribution in [2.75, 3.05) is 6.16 Å². The summed E-state index contributed by atoms with van der Waals surface area (Å²) in [5.74, 6) is 0. The summed E-state index contributed by atoms with van der Waals surface area (Å²) in [6.45, 7) is 0. The molecule has 0 amide bonds. The summed E-state index contributed by atoms with van der Waals surface area (Å²) >= 11 is 0. The normalized spacial score (nSPS) is 15.8. The molecule has 1 aliphatic rings. The first-order valence-electron chi connectivity index (χ1n) is 6.11. The van der Waals surface area contributed by atoms with Gasteiger partial charge in [0.2, 0.25) is 0 Å². The quantitative estimate of drug-likeness (QED) is 0.411. The fraction of sp³-hybridized carbons (Fsp3) is 0.125. The molecule has 0 saturated carbocycles. The topological polar surface area (TPSA) is 0 Å². The zero-order chi connectivity index (χ0) is 11.2. The van der Waals surface area contributed by atoms with Crippen molar-refractivity contribution < 1.29 is 0 Å². The molecule has 0 bridgehead atoms. The first kappa shape index (κ1) is 9.62. The van der Waals surface area contributed by atoms with Gasteiger partial charge in [0.15, 0.2) is 0 Å². The van der Waals surface area contributed by atoms with Gasteiger partial charge in [-0.1, -0.05) is 57.1 Å². The van der Waals surface area contributed by atoms with Gasteiger partial charge in [-0.3, -0.25) is 0 Å². The molecule has 0 aliphatic carbocycles. The third-order valence-corrected chi connectivity index (χ3v) is 5.15. The molecule has 0 saturated heterocycles. The van der Waals surface area contributed by atoms with E-state index in [4.69, 9.17) is 0 Å². The molecule has 0 fully saturated rings. The minimum atomic E-state index is 1.00. The average Bonchev–Trinajstić information content (AvgIpc) is 2.86. The largest absolute Gasteiger partial charge is 0.0891 e. The molecule has 0 spiro atoms. The molecule has 4 rings (SSSR count). The van der Waals surface area contributed by atoms with Crippen LogP contribution in [0.4, 0.5) is 0 Å². The Hall–Kier alpha value is -1.39. The minimum Gasteiger partial charge on any atom is -0.0891 e. The fourth-order valence-corrected chi connectivity index (χ4v) is 4.36. The molecule has 1 atom stereocenters. The molecular weight excluding hydrogens is 223 g/mol. The monoisotopic (exact) mass is 236 g/mol. The van der Waals surface area contributed by atoms with Crippen molar-refractivity contribution in [1.82, 2.24) is 0 Å². The Morgan fingerprint density at radius 2 is 1.65 bits per heavy atom. The SMILES string of the molecule is c1ccc2c(c1)ccc1c3c(ccc12)CCP3. The third kappa shape index (κ3) is 1.34. The number of fused-ring (bicyclic) bond motifs is 5. The molecular formula is C16H13P. The molecule has 1 heterocycles. The predicted octanol–water partition coefficient (Wildman–Crippen LogP) is 3.85. The van der Waals surface area contributed by atoms with Crippen molar-refractivity contribution in [2.45, 2.75) is 6.42 Å². The lowest BCUT2D eigenvalue weighted by Crippen LogP contribution is -1.98. The van der Waals surface area contributed by atoms with E-state index in [0.717, 1.165) is 8.58 Å². The van der Waals surface area contributed by atoms with Gasteiger partial charge in [-0.15, -0.1) is 0 Å². The maximum atomic E-state index is 2.34. The van der Waals surface area contributed by atoms with Gasteiger partial charge < -0.3 is 0 Å². The second-order valence-corrected chi connectivity index (χ2v) is 6.01.